The van der Waals surface area contributed by atoms with Crippen molar-refractivity contribution in [1.29, 1.82) is 10.5 Å². The van der Waals surface area contributed by atoms with Crippen molar-refractivity contribution in [2.45, 2.75) is 26.1 Å². The summed E-state index contributed by atoms with van der Waals surface area (Å²) in [5.74, 6) is -0.567. The average Bonchev–Trinajstić information content (AvgIpc) is 3.18. The minimum Gasteiger partial charge on any atom is -0.507 e. The van der Waals surface area contributed by atoms with Crippen LogP contribution in [0.25, 0.3) is 16.6 Å². The van der Waals surface area contributed by atoms with Crippen LogP contribution in [0.3, 0.4) is 0 Å². The Labute approximate surface area is 172 Å². The molecule has 1 heterocycles. The lowest BCUT2D eigenvalue weighted by Crippen LogP contribution is -2.30. The highest BCUT2D eigenvalue weighted by molar-refractivity contribution is 5.83. The van der Waals surface area contributed by atoms with Crippen molar-refractivity contribution in [2.75, 3.05) is 0 Å². The second kappa shape index (κ2) is 8.80. The number of esters is 1. The molecule has 0 aliphatic rings. The van der Waals surface area contributed by atoms with Gasteiger partial charge in [0, 0.05) is 0 Å². The number of nitriles is 2. The minimum atomic E-state index is -1.09. The van der Waals surface area contributed by atoms with Crippen LogP contribution in [0.15, 0.2) is 54.3 Å². The first-order valence-electron chi connectivity index (χ1n) is 9.08. The van der Waals surface area contributed by atoms with Gasteiger partial charge in [0.25, 0.3) is 0 Å². The number of carbonyl (C=O) groups is 1. The monoisotopic (exact) mass is 402 g/mol. The Bertz CT molecular complexity index is 1150. The fourth-order valence-corrected chi connectivity index (χ4v) is 2.69. The first-order valence-corrected chi connectivity index (χ1v) is 9.08. The van der Waals surface area contributed by atoms with E-state index in [0.717, 1.165) is 0 Å². The third-order valence-corrected chi connectivity index (χ3v) is 4.30. The van der Waals surface area contributed by atoms with Crippen molar-refractivity contribution >= 4 is 22.6 Å². The first-order chi connectivity index (χ1) is 14.4. The van der Waals surface area contributed by atoms with E-state index in [9.17, 15) is 15.2 Å². The second-order valence-corrected chi connectivity index (χ2v) is 6.45. The van der Waals surface area contributed by atoms with Crippen LogP contribution >= 0.6 is 0 Å². The van der Waals surface area contributed by atoms with E-state index in [2.05, 4.69) is 9.97 Å². The highest BCUT2D eigenvalue weighted by Crippen LogP contribution is 2.22. The number of para-hydroxylation sites is 2. The van der Waals surface area contributed by atoms with Gasteiger partial charge in [-0.2, -0.15) is 10.5 Å². The van der Waals surface area contributed by atoms with E-state index in [4.69, 9.17) is 14.7 Å². The Morgan fingerprint density at radius 1 is 1.10 bits per heavy atom. The zero-order valence-electron chi connectivity index (χ0n) is 16.3. The molecule has 0 aliphatic heterocycles. The van der Waals surface area contributed by atoms with Crippen LogP contribution < -0.4 is 4.74 Å². The summed E-state index contributed by atoms with van der Waals surface area (Å²) < 4.78 is 10.8. The summed E-state index contributed by atoms with van der Waals surface area (Å²) in [5, 5.41) is 28.8. The predicted octanol–water partition coefficient (Wildman–Crippen LogP) is 3.63. The van der Waals surface area contributed by atoms with Gasteiger partial charge in [0.1, 0.15) is 17.4 Å². The minimum absolute atomic E-state index is 0.118. The molecule has 1 aromatic heterocycles. The van der Waals surface area contributed by atoms with Crippen molar-refractivity contribution in [3.63, 3.8) is 0 Å². The highest BCUT2D eigenvalue weighted by Gasteiger charge is 2.24. The number of ether oxygens (including phenoxy) is 2. The number of nitrogens with zero attached hydrogens (tertiary/aromatic N) is 3. The lowest BCUT2D eigenvalue weighted by molar-refractivity contribution is -0.155. The Balaban J connectivity index is 1.72. The summed E-state index contributed by atoms with van der Waals surface area (Å²) in [5.41, 5.74) is 1.70. The molecular weight excluding hydrogens is 384 g/mol. The number of carbonyl (C=O) groups excluding carboxylic acids is 1. The van der Waals surface area contributed by atoms with Gasteiger partial charge in [-0.25, -0.2) is 9.78 Å². The lowest BCUT2D eigenvalue weighted by atomic mass is 10.1. The van der Waals surface area contributed by atoms with Crippen LogP contribution in [-0.4, -0.2) is 33.3 Å². The predicted molar refractivity (Wildman–Crippen MR) is 108 cm³/mol. The number of fused-ring (bicyclic) bond motifs is 1. The fourth-order valence-electron chi connectivity index (χ4n) is 2.69. The Morgan fingerprint density at radius 3 is 2.43 bits per heavy atom. The molecule has 0 bridgehead atoms. The van der Waals surface area contributed by atoms with E-state index in [1.54, 1.807) is 36.4 Å². The molecule has 8 nitrogen and oxygen atoms in total. The van der Waals surface area contributed by atoms with Crippen molar-refractivity contribution in [3.05, 3.63) is 65.7 Å². The number of aromatic nitrogens is 2. The molecule has 2 aromatic carbocycles. The maximum atomic E-state index is 12.3. The Morgan fingerprint density at radius 2 is 1.80 bits per heavy atom. The van der Waals surface area contributed by atoms with Gasteiger partial charge in [0.15, 0.2) is 23.8 Å². The summed E-state index contributed by atoms with van der Waals surface area (Å²) in [6.07, 6.45) is -2.06. The normalized spacial score (nSPS) is 13.5. The van der Waals surface area contributed by atoms with Crippen LogP contribution in [0.1, 0.15) is 25.2 Å². The maximum Gasteiger partial charge on any atom is 0.347 e. The van der Waals surface area contributed by atoms with Gasteiger partial charge >= 0.3 is 5.97 Å². The summed E-state index contributed by atoms with van der Waals surface area (Å²) in [6, 6.07) is 17.4. The number of benzene rings is 2. The molecule has 30 heavy (non-hydrogen) atoms. The van der Waals surface area contributed by atoms with Crippen LogP contribution in [0.2, 0.25) is 0 Å². The first kappa shape index (κ1) is 20.4. The van der Waals surface area contributed by atoms with Gasteiger partial charge in [-0.1, -0.05) is 12.1 Å². The van der Waals surface area contributed by atoms with Crippen LogP contribution in [-0.2, 0) is 9.53 Å². The van der Waals surface area contributed by atoms with Crippen LogP contribution in [0.4, 0.5) is 0 Å². The van der Waals surface area contributed by atoms with Gasteiger partial charge in [0.2, 0.25) is 0 Å². The van der Waals surface area contributed by atoms with Crippen LogP contribution in [0.5, 0.6) is 5.75 Å². The number of rotatable bonds is 6. The lowest BCUT2D eigenvalue weighted by Gasteiger charge is -2.18. The molecule has 0 radical (unpaired) electrons. The van der Waals surface area contributed by atoms with Gasteiger partial charge in [0.05, 0.1) is 22.7 Å². The number of imidazole rings is 1. The van der Waals surface area contributed by atoms with E-state index in [1.165, 1.54) is 13.8 Å². The van der Waals surface area contributed by atoms with Crippen molar-refractivity contribution < 1.29 is 19.4 Å². The Hall–Kier alpha value is -4.30. The number of aliphatic hydroxyl groups is 1. The van der Waals surface area contributed by atoms with Gasteiger partial charge in [-0.3, -0.25) is 0 Å². The zero-order chi connectivity index (χ0) is 21.7. The van der Waals surface area contributed by atoms with E-state index >= 15 is 0 Å². The second-order valence-electron chi connectivity index (χ2n) is 6.45. The summed E-state index contributed by atoms with van der Waals surface area (Å²) in [7, 11) is 0. The molecule has 3 rings (SSSR count). The molecule has 150 valence electrons. The smallest absolute Gasteiger partial charge is 0.347 e. The molecule has 0 spiro atoms. The maximum absolute atomic E-state index is 12.3. The largest absolute Gasteiger partial charge is 0.507 e. The molecule has 3 aromatic rings. The van der Waals surface area contributed by atoms with E-state index < -0.39 is 23.9 Å². The number of nitrogens with one attached hydrogen (secondary N) is 1. The van der Waals surface area contributed by atoms with Gasteiger partial charge in [-0.05, 0) is 50.2 Å². The SMILES string of the molecule is C[C@H](Oc1ccc(C#N)cc1)C(=O)O[C@H](C)/C(O)=C(\C#N)c1nc2ccccc2[nH]1. The molecule has 0 saturated heterocycles. The van der Waals surface area contributed by atoms with E-state index in [-0.39, 0.29) is 11.4 Å². The number of hydrogen-bond donors (Lipinski definition) is 2. The van der Waals surface area contributed by atoms with Crippen molar-refractivity contribution in [3.8, 4) is 17.9 Å². The molecule has 2 N–H and O–H groups in total. The number of aromatic amines is 1. The van der Waals surface area contributed by atoms with Gasteiger partial charge in [-0.15, -0.1) is 0 Å². The number of aliphatic hydroxyl groups excluding tert-OH is 1. The number of H-pyrrole nitrogens is 1. The quantitative estimate of drug-likeness (QED) is 0.365. The summed E-state index contributed by atoms with van der Waals surface area (Å²) >= 11 is 0. The Kier molecular flexibility index (Phi) is 6.00. The summed E-state index contributed by atoms with van der Waals surface area (Å²) in [6.45, 7) is 2.94. The third kappa shape index (κ3) is 4.40. The molecule has 0 aliphatic carbocycles. The highest BCUT2D eigenvalue weighted by atomic mass is 16.6. The molecule has 8 heteroatoms. The molecule has 0 unspecified atom stereocenters. The third-order valence-electron chi connectivity index (χ3n) is 4.30. The molecular formula is C22H18N4O4. The number of allylic oxidation sites excluding steroid dienone is 1. The summed E-state index contributed by atoms with van der Waals surface area (Å²) in [4.78, 5) is 19.6. The molecule has 2 atom stereocenters. The zero-order valence-corrected chi connectivity index (χ0v) is 16.3. The fraction of sp³-hybridized carbons (Fsp3) is 0.182. The molecule has 0 fully saturated rings. The average molecular weight is 402 g/mol. The van der Waals surface area contributed by atoms with Crippen LogP contribution in [0, 0.1) is 22.7 Å². The van der Waals surface area contributed by atoms with E-state index in [0.29, 0.717) is 22.3 Å². The number of hydrogen-bond acceptors (Lipinski definition) is 7. The van der Waals surface area contributed by atoms with Gasteiger partial charge < -0.3 is 19.6 Å². The van der Waals surface area contributed by atoms with Crippen molar-refractivity contribution in [1.82, 2.24) is 9.97 Å². The molecule has 0 saturated carbocycles. The van der Waals surface area contributed by atoms with Crippen molar-refractivity contribution in [2.24, 2.45) is 0 Å². The standard InChI is InChI=1S/C22H18N4O4/c1-13(30-22(28)14(2)29-16-9-7-15(11-23)8-10-16)20(27)17(12-24)21-25-18-5-3-4-6-19(18)26-21/h3-10,13-14,27H,1-2H3,(H,25,26)/b20-17-/t13-,14+/m1/s1. The molecule has 0 amide bonds. The van der Waals surface area contributed by atoms with E-state index in [1.807, 2.05) is 24.3 Å². The topological polar surface area (TPSA) is 132 Å².